The zero-order valence-electron chi connectivity index (χ0n) is 16.8. The minimum absolute atomic E-state index is 0.0388. The number of hydrogen-bond acceptors (Lipinski definition) is 5. The number of carbonyl (C=O) groups excluding carboxylic acids is 1. The summed E-state index contributed by atoms with van der Waals surface area (Å²) in [5.41, 5.74) is 1.23. The Balaban J connectivity index is 1.78. The average Bonchev–Trinajstić information content (AvgIpc) is 2.73. The Hall–Kier alpha value is -3.26. The topological polar surface area (TPSA) is 93.5 Å². The Morgan fingerprint density at radius 2 is 1.93 bits per heavy atom. The predicted octanol–water partition coefficient (Wildman–Crippen LogP) is 5.08. The molecule has 0 aliphatic heterocycles. The summed E-state index contributed by atoms with van der Waals surface area (Å²) in [5.74, 6) is 0.345. The van der Waals surface area contributed by atoms with Crippen LogP contribution in [0.25, 0.3) is 6.08 Å². The van der Waals surface area contributed by atoms with Gasteiger partial charge in [-0.05, 0) is 54.5 Å². The summed E-state index contributed by atoms with van der Waals surface area (Å²) < 4.78 is 5.69. The summed E-state index contributed by atoms with van der Waals surface area (Å²) in [6.07, 6.45) is 7.37. The Labute approximate surface area is 181 Å². The van der Waals surface area contributed by atoms with Crippen molar-refractivity contribution in [1.82, 2.24) is 5.32 Å². The first-order valence-electron chi connectivity index (χ1n) is 9.75. The molecule has 8 heteroatoms. The minimum atomic E-state index is -0.487. The molecule has 0 radical (unpaired) electrons. The fourth-order valence-electron chi connectivity index (χ4n) is 2.58. The number of ether oxygens (including phenoxy) is 1. The van der Waals surface area contributed by atoms with E-state index in [-0.39, 0.29) is 10.8 Å². The number of rotatable bonds is 10. The van der Waals surface area contributed by atoms with Gasteiger partial charge in [-0.3, -0.25) is 20.2 Å². The Morgan fingerprint density at radius 1 is 1.17 bits per heavy atom. The molecule has 1 amide bonds. The van der Waals surface area contributed by atoms with E-state index >= 15 is 0 Å². The van der Waals surface area contributed by atoms with Gasteiger partial charge in [-0.2, -0.15) is 0 Å². The molecule has 0 aromatic heterocycles. The maximum Gasteiger partial charge on any atom is 0.270 e. The molecule has 0 bridgehead atoms. The number of nitro benzene ring substituents is 1. The molecule has 2 N–H and O–H groups in total. The molecular formula is C22H25N3O4S. The third kappa shape index (κ3) is 8.40. The monoisotopic (exact) mass is 427 g/mol. The standard InChI is InChI=1S/C22H25N3O4S/c1-2-3-4-5-15-29-20-12-10-18(11-13-20)23-22(30)24-21(26)14-9-17-7-6-8-19(16-17)25(27)28/h6-14,16H,2-5,15H2,1H3,(H2,23,24,26,30)/b14-9+. The van der Waals surface area contributed by atoms with Crippen molar-refractivity contribution >= 4 is 40.7 Å². The second-order valence-electron chi connectivity index (χ2n) is 6.56. The molecular weight excluding hydrogens is 402 g/mol. The lowest BCUT2D eigenvalue weighted by Crippen LogP contribution is -2.32. The Kier molecular flexibility index (Phi) is 9.47. The molecule has 0 saturated carbocycles. The first-order chi connectivity index (χ1) is 14.5. The minimum Gasteiger partial charge on any atom is -0.494 e. The van der Waals surface area contributed by atoms with Crippen molar-refractivity contribution in [3.05, 3.63) is 70.3 Å². The molecule has 2 aromatic rings. The van der Waals surface area contributed by atoms with Crippen LogP contribution < -0.4 is 15.4 Å². The van der Waals surface area contributed by atoms with Crippen LogP contribution in [-0.2, 0) is 4.79 Å². The van der Waals surface area contributed by atoms with Crippen molar-refractivity contribution in [2.45, 2.75) is 32.6 Å². The number of nitrogens with one attached hydrogen (secondary N) is 2. The van der Waals surface area contributed by atoms with Gasteiger partial charge in [-0.15, -0.1) is 0 Å². The van der Waals surface area contributed by atoms with E-state index in [2.05, 4.69) is 17.6 Å². The highest BCUT2D eigenvalue weighted by molar-refractivity contribution is 7.80. The Morgan fingerprint density at radius 3 is 2.63 bits per heavy atom. The molecule has 0 aliphatic carbocycles. The number of amides is 1. The fraction of sp³-hybridized carbons (Fsp3) is 0.273. The molecule has 0 saturated heterocycles. The smallest absolute Gasteiger partial charge is 0.270 e. The van der Waals surface area contributed by atoms with Crippen LogP contribution in [0, 0.1) is 10.1 Å². The van der Waals surface area contributed by atoms with E-state index in [1.807, 2.05) is 24.3 Å². The van der Waals surface area contributed by atoms with Gasteiger partial charge < -0.3 is 10.1 Å². The van der Waals surface area contributed by atoms with E-state index < -0.39 is 10.8 Å². The molecule has 158 valence electrons. The zero-order valence-corrected chi connectivity index (χ0v) is 17.6. The lowest BCUT2D eigenvalue weighted by Gasteiger charge is -2.10. The summed E-state index contributed by atoms with van der Waals surface area (Å²) in [4.78, 5) is 22.3. The van der Waals surface area contributed by atoms with Crippen molar-refractivity contribution < 1.29 is 14.5 Å². The number of hydrogen-bond donors (Lipinski definition) is 2. The highest BCUT2D eigenvalue weighted by Gasteiger charge is 2.05. The molecule has 2 aromatic carbocycles. The van der Waals surface area contributed by atoms with E-state index in [0.717, 1.165) is 17.9 Å². The molecule has 0 unspecified atom stereocenters. The van der Waals surface area contributed by atoms with Crippen LogP contribution in [0.2, 0.25) is 0 Å². The quantitative estimate of drug-likeness (QED) is 0.181. The van der Waals surface area contributed by atoms with Crippen molar-refractivity contribution in [2.24, 2.45) is 0 Å². The van der Waals surface area contributed by atoms with E-state index in [1.165, 1.54) is 43.5 Å². The largest absolute Gasteiger partial charge is 0.494 e. The molecule has 0 aliphatic rings. The predicted molar refractivity (Wildman–Crippen MR) is 123 cm³/mol. The number of thiocarbonyl (C=S) groups is 1. The molecule has 0 spiro atoms. The van der Waals surface area contributed by atoms with Crippen molar-refractivity contribution in [2.75, 3.05) is 11.9 Å². The van der Waals surface area contributed by atoms with Gasteiger partial charge in [-0.1, -0.05) is 38.3 Å². The molecule has 0 atom stereocenters. The molecule has 30 heavy (non-hydrogen) atoms. The number of non-ortho nitro benzene ring substituents is 1. The fourth-order valence-corrected chi connectivity index (χ4v) is 2.80. The van der Waals surface area contributed by atoms with Gasteiger partial charge >= 0.3 is 0 Å². The van der Waals surface area contributed by atoms with E-state index in [0.29, 0.717) is 12.2 Å². The van der Waals surface area contributed by atoms with E-state index in [1.54, 1.807) is 12.1 Å². The zero-order chi connectivity index (χ0) is 21.8. The molecule has 2 rings (SSSR count). The van der Waals surface area contributed by atoms with E-state index in [9.17, 15) is 14.9 Å². The highest BCUT2D eigenvalue weighted by Crippen LogP contribution is 2.16. The van der Waals surface area contributed by atoms with Crippen LogP contribution in [0.4, 0.5) is 11.4 Å². The van der Waals surface area contributed by atoms with Crippen LogP contribution in [0.1, 0.15) is 38.2 Å². The second kappa shape index (κ2) is 12.3. The SMILES string of the molecule is CCCCCCOc1ccc(NC(=S)NC(=O)/C=C/c2cccc([N+](=O)[O-])c2)cc1. The van der Waals surface area contributed by atoms with Crippen LogP contribution in [0.5, 0.6) is 5.75 Å². The summed E-state index contributed by atoms with van der Waals surface area (Å²) >= 11 is 5.14. The normalized spacial score (nSPS) is 10.6. The van der Waals surface area contributed by atoms with E-state index in [4.69, 9.17) is 17.0 Å². The number of benzene rings is 2. The van der Waals surface area contributed by atoms with Crippen LogP contribution in [0.15, 0.2) is 54.6 Å². The lowest BCUT2D eigenvalue weighted by atomic mass is 10.2. The van der Waals surface area contributed by atoms with Gasteiger partial charge in [0.2, 0.25) is 5.91 Å². The van der Waals surface area contributed by atoms with Crippen LogP contribution in [0.3, 0.4) is 0 Å². The summed E-state index contributed by atoms with van der Waals surface area (Å²) in [6.45, 7) is 2.87. The second-order valence-corrected chi connectivity index (χ2v) is 6.97. The van der Waals surface area contributed by atoms with Gasteiger partial charge in [0.1, 0.15) is 5.75 Å². The first kappa shape index (κ1) is 23.0. The number of nitrogens with zero attached hydrogens (tertiary/aromatic N) is 1. The number of carbonyl (C=O) groups is 1. The van der Waals surface area contributed by atoms with Crippen molar-refractivity contribution in [1.29, 1.82) is 0 Å². The van der Waals surface area contributed by atoms with Gasteiger partial charge in [0.15, 0.2) is 5.11 Å². The highest BCUT2D eigenvalue weighted by atomic mass is 32.1. The first-order valence-corrected chi connectivity index (χ1v) is 10.2. The molecule has 0 heterocycles. The molecule has 0 fully saturated rings. The number of anilines is 1. The Bertz CT molecular complexity index is 898. The van der Waals surface area contributed by atoms with Crippen LogP contribution >= 0.6 is 12.2 Å². The van der Waals surface area contributed by atoms with Gasteiger partial charge in [0, 0.05) is 23.9 Å². The van der Waals surface area contributed by atoms with Crippen LogP contribution in [-0.4, -0.2) is 22.5 Å². The summed E-state index contributed by atoms with van der Waals surface area (Å²) in [7, 11) is 0. The van der Waals surface area contributed by atoms with Gasteiger partial charge in [-0.25, -0.2) is 0 Å². The number of unbranched alkanes of at least 4 members (excludes halogenated alkanes) is 3. The lowest BCUT2D eigenvalue weighted by molar-refractivity contribution is -0.384. The third-order valence-corrected chi connectivity index (χ3v) is 4.33. The third-order valence-electron chi connectivity index (χ3n) is 4.12. The number of nitro groups is 1. The molecule has 7 nitrogen and oxygen atoms in total. The van der Waals surface area contributed by atoms with Crippen molar-refractivity contribution in [3.8, 4) is 5.75 Å². The van der Waals surface area contributed by atoms with Gasteiger partial charge in [0.05, 0.1) is 11.5 Å². The summed E-state index contributed by atoms with van der Waals surface area (Å²) in [6, 6.07) is 13.3. The maximum absolute atomic E-state index is 12.0. The maximum atomic E-state index is 12.0. The summed E-state index contributed by atoms with van der Waals surface area (Å²) in [5, 5.41) is 16.4. The van der Waals surface area contributed by atoms with Crippen molar-refractivity contribution in [3.63, 3.8) is 0 Å². The average molecular weight is 428 g/mol. The van der Waals surface area contributed by atoms with Gasteiger partial charge in [0.25, 0.3) is 5.69 Å².